The van der Waals surface area contributed by atoms with Crippen LogP contribution in [-0.4, -0.2) is 25.8 Å². The molecular weight excluding hydrogens is 292 g/mol. The number of rotatable bonds is 8. The first-order valence-electron chi connectivity index (χ1n) is 7.20. The molecule has 0 aliphatic rings. The molecule has 0 unspecified atom stereocenters. The largest absolute Gasteiger partial charge is 0.326 e. The molecule has 0 fully saturated rings. The van der Waals surface area contributed by atoms with E-state index in [1.165, 1.54) is 11.3 Å². The second-order valence-corrected chi connectivity index (χ2v) is 8.32. The number of thiophene rings is 1. The Hall–Kier alpha value is -0.430. The number of sulfonamides is 1. The highest BCUT2D eigenvalue weighted by molar-refractivity contribution is 7.91. The summed E-state index contributed by atoms with van der Waals surface area (Å²) < 4.78 is 27.4. The third-order valence-electron chi connectivity index (χ3n) is 3.75. The first-order valence-corrected chi connectivity index (χ1v) is 9.45. The fourth-order valence-corrected chi connectivity index (χ4v) is 5.33. The number of aryl methyl sites for hydroxylation is 1. The van der Waals surface area contributed by atoms with Gasteiger partial charge in [-0.1, -0.05) is 33.6 Å². The third kappa shape index (κ3) is 3.81. The van der Waals surface area contributed by atoms with Crippen LogP contribution in [0.2, 0.25) is 0 Å². The normalized spacial score (nSPS) is 12.6. The fraction of sp³-hybridized carbons (Fsp3) is 0.714. The van der Waals surface area contributed by atoms with E-state index in [1.54, 1.807) is 10.4 Å². The van der Waals surface area contributed by atoms with Crippen molar-refractivity contribution in [2.75, 3.05) is 13.1 Å². The highest BCUT2D eigenvalue weighted by Crippen LogP contribution is 2.29. The fourth-order valence-electron chi connectivity index (χ4n) is 2.18. The molecule has 0 amide bonds. The predicted octanol–water partition coefficient (Wildman–Crippen LogP) is 2.96. The molecule has 1 aromatic heterocycles. The smallest absolute Gasteiger partial charge is 0.252 e. The van der Waals surface area contributed by atoms with Crippen molar-refractivity contribution in [3.63, 3.8) is 0 Å². The molecule has 1 rings (SSSR count). The van der Waals surface area contributed by atoms with E-state index in [0.29, 0.717) is 29.8 Å². The van der Waals surface area contributed by atoms with Gasteiger partial charge in [0.1, 0.15) is 4.21 Å². The van der Waals surface area contributed by atoms with Gasteiger partial charge >= 0.3 is 0 Å². The maximum absolute atomic E-state index is 12.7. The number of nitrogens with two attached hydrogens (primary N) is 1. The number of nitrogens with zero attached hydrogens (tertiary/aromatic N) is 1. The zero-order valence-electron chi connectivity index (χ0n) is 12.8. The van der Waals surface area contributed by atoms with Gasteiger partial charge in [-0.05, 0) is 24.5 Å². The van der Waals surface area contributed by atoms with E-state index in [4.69, 9.17) is 5.73 Å². The number of hydrogen-bond acceptors (Lipinski definition) is 4. The maximum atomic E-state index is 12.7. The molecule has 20 heavy (non-hydrogen) atoms. The van der Waals surface area contributed by atoms with E-state index >= 15 is 0 Å². The van der Waals surface area contributed by atoms with Gasteiger partial charge in [0.25, 0.3) is 10.0 Å². The summed E-state index contributed by atoms with van der Waals surface area (Å²) in [6.45, 7) is 9.52. The summed E-state index contributed by atoms with van der Waals surface area (Å²) >= 11 is 1.30. The monoisotopic (exact) mass is 318 g/mol. The minimum Gasteiger partial charge on any atom is -0.326 e. The van der Waals surface area contributed by atoms with Crippen LogP contribution in [0.4, 0.5) is 0 Å². The van der Waals surface area contributed by atoms with E-state index < -0.39 is 10.0 Å². The van der Waals surface area contributed by atoms with Crippen molar-refractivity contribution in [2.24, 2.45) is 11.7 Å². The molecule has 0 aliphatic heterocycles. The predicted molar refractivity (Wildman–Crippen MR) is 85.5 cm³/mol. The summed E-state index contributed by atoms with van der Waals surface area (Å²) in [5, 5.41) is 0. The van der Waals surface area contributed by atoms with Crippen LogP contribution in [0, 0.1) is 12.8 Å². The summed E-state index contributed by atoms with van der Waals surface area (Å²) in [6.07, 6.45) is 2.00. The first kappa shape index (κ1) is 17.6. The van der Waals surface area contributed by atoms with Crippen molar-refractivity contribution >= 4 is 21.4 Å². The molecule has 0 aromatic carbocycles. The van der Waals surface area contributed by atoms with E-state index in [1.807, 2.05) is 13.8 Å². The lowest BCUT2D eigenvalue weighted by atomic mass is 10.0. The molecule has 0 saturated carbocycles. The van der Waals surface area contributed by atoms with Gasteiger partial charge in [0, 0.05) is 24.5 Å². The van der Waals surface area contributed by atoms with Crippen molar-refractivity contribution in [3.8, 4) is 0 Å². The van der Waals surface area contributed by atoms with Gasteiger partial charge in [0.05, 0.1) is 0 Å². The van der Waals surface area contributed by atoms with Gasteiger partial charge < -0.3 is 5.73 Å². The molecular formula is C14H26N2O2S2. The summed E-state index contributed by atoms with van der Waals surface area (Å²) in [4.78, 5) is 0.946. The van der Waals surface area contributed by atoms with Crippen LogP contribution in [0.3, 0.4) is 0 Å². The second-order valence-electron chi connectivity index (χ2n) is 5.01. The highest BCUT2D eigenvalue weighted by Gasteiger charge is 2.27. The van der Waals surface area contributed by atoms with Crippen LogP contribution in [0.15, 0.2) is 10.3 Å². The van der Waals surface area contributed by atoms with Crippen molar-refractivity contribution in [1.82, 2.24) is 4.31 Å². The van der Waals surface area contributed by atoms with Crippen LogP contribution in [-0.2, 0) is 16.6 Å². The third-order valence-corrected chi connectivity index (χ3v) is 7.40. The Labute approximate surface area is 127 Å². The highest BCUT2D eigenvalue weighted by atomic mass is 32.2. The van der Waals surface area contributed by atoms with Gasteiger partial charge in [-0.3, -0.25) is 0 Å². The van der Waals surface area contributed by atoms with Crippen molar-refractivity contribution in [3.05, 3.63) is 16.5 Å². The standard InChI is InChI=1S/C14H26N2O2S2/c1-5-12(6-2)10-16(7-3)20(17,18)14-8-11(4)13(9-15)19-14/h8,12H,5-7,9-10,15H2,1-4H3. The SMILES string of the molecule is CCC(CC)CN(CC)S(=O)(=O)c1cc(C)c(CN)s1. The molecule has 0 atom stereocenters. The summed E-state index contributed by atoms with van der Waals surface area (Å²) in [5.41, 5.74) is 6.61. The molecule has 0 radical (unpaired) electrons. The quantitative estimate of drug-likeness (QED) is 0.801. The summed E-state index contributed by atoms with van der Waals surface area (Å²) in [6, 6.07) is 1.75. The Balaban J connectivity index is 3.05. The van der Waals surface area contributed by atoms with Gasteiger partial charge in [-0.2, -0.15) is 4.31 Å². The van der Waals surface area contributed by atoms with Crippen molar-refractivity contribution in [2.45, 2.75) is 51.3 Å². The first-order chi connectivity index (χ1) is 9.40. The maximum Gasteiger partial charge on any atom is 0.252 e. The Kier molecular flexibility index (Phi) is 6.64. The van der Waals surface area contributed by atoms with Gasteiger partial charge in [-0.25, -0.2) is 8.42 Å². The average Bonchev–Trinajstić information content (AvgIpc) is 2.82. The Morgan fingerprint density at radius 2 is 1.90 bits per heavy atom. The van der Waals surface area contributed by atoms with Gasteiger partial charge in [-0.15, -0.1) is 11.3 Å². The lowest BCUT2D eigenvalue weighted by Crippen LogP contribution is -2.34. The molecule has 2 N–H and O–H groups in total. The van der Waals surface area contributed by atoms with E-state index in [-0.39, 0.29) is 0 Å². The second kappa shape index (κ2) is 7.54. The summed E-state index contributed by atoms with van der Waals surface area (Å²) in [7, 11) is -3.38. The van der Waals surface area contributed by atoms with Crippen LogP contribution >= 0.6 is 11.3 Å². The van der Waals surface area contributed by atoms with Gasteiger partial charge in [0.15, 0.2) is 0 Å². The minimum atomic E-state index is -3.38. The van der Waals surface area contributed by atoms with Gasteiger partial charge in [0.2, 0.25) is 0 Å². The van der Waals surface area contributed by atoms with Crippen LogP contribution < -0.4 is 5.73 Å². The molecule has 0 aliphatic carbocycles. The van der Waals surface area contributed by atoms with Crippen LogP contribution in [0.25, 0.3) is 0 Å². The minimum absolute atomic E-state index is 0.394. The molecule has 116 valence electrons. The molecule has 1 aromatic rings. The topological polar surface area (TPSA) is 63.4 Å². The molecule has 1 heterocycles. The van der Waals surface area contributed by atoms with E-state index in [9.17, 15) is 8.42 Å². The molecule has 0 saturated heterocycles. The van der Waals surface area contributed by atoms with E-state index in [2.05, 4.69) is 13.8 Å². The summed E-state index contributed by atoms with van der Waals surface area (Å²) in [5.74, 6) is 0.416. The van der Waals surface area contributed by atoms with Crippen LogP contribution in [0.1, 0.15) is 44.1 Å². The lowest BCUT2D eigenvalue weighted by molar-refractivity contribution is 0.340. The lowest BCUT2D eigenvalue weighted by Gasteiger charge is -2.24. The molecule has 4 nitrogen and oxygen atoms in total. The Morgan fingerprint density at radius 1 is 1.30 bits per heavy atom. The molecule has 0 spiro atoms. The van der Waals surface area contributed by atoms with Crippen molar-refractivity contribution < 1.29 is 8.42 Å². The zero-order chi connectivity index (χ0) is 15.3. The van der Waals surface area contributed by atoms with Crippen LogP contribution in [0.5, 0.6) is 0 Å². The Morgan fingerprint density at radius 3 is 2.30 bits per heavy atom. The molecule has 0 bridgehead atoms. The number of hydrogen-bond donors (Lipinski definition) is 1. The van der Waals surface area contributed by atoms with Crippen molar-refractivity contribution in [1.29, 1.82) is 0 Å². The average molecular weight is 319 g/mol. The zero-order valence-corrected chi connectivity index (χ0v) is 14.5. The van der Waals surface area contributed by atoms with E-state index in [0.717, 1.165) is 23.3 Å². The molecule has 6 heteroatoms. The Bertz CT molecular complexity index is 519.